The first-order chi connectivity index (χ1) is 37.6. The van der Waals surface area contributed by atoms with Crippen LogP contribution < -0.4 is 0 Å². The summed E-state index contributed by atoms with van der Waals surface area (Å²) in [4.78, 5) is 0. The third-order valence-electron chi connectivity index (χ3n) is 22.7. The minimum atomic E-state index is 0. The van der Waals surface area contributed by atoms with Crippen molar-refractivity contribution in [2.45, 2.75) is 336 Å². The van der Waals surface area contributed by atoms with E-state index >= 15 is 0 Å². The van der Waals surface area contributed by atoms with E-state index in [9.17, 15) is 0 Å². The minimum absolute atomic E-state index is 0. The summed E-state index contributed by atoms with van der Waals surface area (Å²) < 4.78 is 4.66. The van der Waals surface area contributed by atoms with Gasteiger partial charge in [-0.15, -0.1) is 24.9 Å². The Morgan fingerprint density at radius 1 is 0.306 bits per heavy atom. The van der Waals surface area contributed by atoms with Crippen LogP contribution in [0, 0.1) is 178 Å². The third kappa shape index (κ3) is 52.3. The Bertz CT molecular complexity index is 1540. The van der Waals surface area contributed by atoms with E-state index in [-0.39, 0.29) is 219 Å². The van der Waals surface area contributed by atoms with Gasteiger partial charge in [-0.3, -0.25) is 10.6 Å². The Morgan fingerprint density at radius 2 is 0.418 bits per heavy atom. The largest absolute Gasteiger partial charge is 4.00 e. The van der Waals surface area contributed by atoms with Crippen LogP contribution >= 0.6 is 19.8 Å². The summed E-state index contributed by atoms with van der Waals surface area (Å²) in [6.45, 7) is 98.6. The van der Waals surface area contributed by atoms with E-state index in [1.54, 1.807) is 0 Å². The van der Waals surface area contributed by atoms with Crippen molar-refractivity contribution in [1.29, 1.82) is 0 Å². The first-order valence-electron chi connectivity index (χ1n) is 35.0. The average Bonchev–Trinajstić information content (AvgIpc) is 4.15. The van der Waals surface area contributed by atoms with Gasteiger partial charge in [-0.05, 0) is 201 Å². The van der Waals surface area contributed by atoms with Crippen LogP contribution in [0.1, 0.15) is 291 Å². The maximum Gasteiger partial charge on any atom is 4.00 e. The van der Waals surface area contributed by atoms with Gasteiger partial charge in [0, 0.05) is 13.1 Å². The average molecular weight is 1740 g/mol. The van der Waals surface area contributed by atoms with Crippen LogP contribution in [0.5, 0.6) is 0 Å². The first kappa shape index (κ1) is 140. The van der Waals surface area contributed by atoms with Crippen LogP contribution in [0.2, 0.25) is 0 Å². The van der Waals surface area contributed by atoms with E-state index in [1.807, 2.05) is 27.7 Å². The van der Waals surface area contributed by atoms with Crippen molar-refractivity contribution in [3.8, 4) is 0 Å². The number of amidine groups is 2. The van der Waals surface area contributed by atoms with Crippen LogP contribution in [0.15, 0.2) is 0 Å². The second-order valence-electron chi connectivity index (χ2n) is 34.5. The van der Waals surface area contributed by atoms with Gasteiger partial charge in [-0.25, -0.2) is 12.3 Å². The van der Waals surface area contributed by atoms with E-state index < -0.39 is 0 Å². The molecule has 6 fully saturated rings. The van der Waals surface area contributed by atoms with Gasteiger partial charge in [-0.1, -0.05) is 194 Å². The van der Waals surface area contributed by atoms with E-state index in [4.69, 9.17) is 0 Å². The summed E-state index contributed by atoms with van der Waals surface area (Å²) in [5.41, 5.74) is 0.944. The maximum absolute atomic E-state index is 4.61. The maximum atomic E-state index is 4.61. The minimum Gasteiger partial charge on any atom is -0.678 e. The van der Waals surface area contributed by atoms with Gasteiger partial charge in [0.1, 0.15) is 0 Å². The SMILES string of the molecule is CC([N-]C(C)(C)C)=[N+]1CC1(C)C.CC([N-]C(C)(C)C)=[N+]1CC1(C)C.CC1C(C)C(C)C(C)C1C.CC1C(C)C(C)C(C)C1C.CC1C(C)C(C)C(C)C1C.CC1C(C)C(C)C(C)C1C.CC[N-]C(C)[N-]C(C)(C)C.CC[N-]C(C)[N-]C(C)(C)C.P.P.[CH3-].[CH3-].[CH3-].[CH3-].[CH3-].[CH3-].[CH3-].[CH3-].[Zr+4].[Zr+4].[Zr+4].[Zr+4]. The monoisotopic (exact) mass is 1730 g/mol. The molecule has 2 aliphatic heterocycles. The molecule has 2 heterocycles. The molecule has 4 saturated carbocycles. The Labute approximate surface area is 710 Å². The van der Waals surface area contributed by atoms with Crippen LogP contribution in [-0.2, 0) is 105 Å². The Balaban J connectivity index is -0.0000000549. The summed E-state index contributed by atoms with van der Waals surface area (Å²) >= 11 is 0. The molecule has 6 rings (SSSR count). The molecule has 6 aliphatic rings. The number of hydrogen-bond acceptors (Lipinski definition) is 0. The van der Waals surface area contributed by atoms with Gasteiger partial charge in [0.2, 0.25) is 0 Å². The summed E-state index contributed by atoms with van der Waals surface area (Å²) in [6.07, 6.45) is 0.315. The van der Waals surface area contributed by atoms with E-state index in [2.05, 4.69) is 304 Å². The number of hydrogen-bond donors (Lipinski definition) is 0. The molecule has 0 N–H and O–H groups in total. The van der Waals surface area contributed by atoms with E-state index in [0.717, 1.165) is 145 Å². The van der Waals surface area contributed by atoms with Crippen molar-refractivity contribution in [3.05, 3.63) is 91.3 Å². The van der Waals surface area contributed by atoms with Gasteiger partial charge >= 0.3 is 105 Å². The topological polar surface area (TPSA) is 90.6 Å². The Hall–Kier alpha value is 3.17. The molecule has 4 aliphatic carbocycles. The van der Waals surface area contributed by atoms with E-state index in [0.29, 0.717) is 11.1 Å². The fourth-order valence-corrected chi connectivity index (χ4v) is 14.2. The van der Waals surface area contributed by atoms with Crippen LogP contribution in [0.3, 0.4) is 0 Å². The quantitative estimate of drug-likeness (QED) is 0.0834. The summed E-state index contributed by atoms with van der Waals surface area (Å²) in [7, 11) is 0. The predicted octanol–water partition coefficient (Wildman–Crippen LogP) is 27.0. The molecule has 0 aromatic heterocycles. The standard InChI is InChI=1S/2C10H20N2.4C10H20.2C8H18N2.8CH3.2H3P.4Zr/c2*1-8(11-9(2,3)4)12-7-10(12,5)6;4*1-6-7(2)9(4)10(5)8(6)3;2*1-6-9-7(2)10-8(3,4)5;;;;;;;;;;;;;;/h2*7H2,1-6H3;4*6-10H,1-5H3;2*7H,6H2,1-5H3;10*1H3;;;;/q;;;;;;2*-2;8*-1;;;4*+4. The zero-order chi connectivity index (χ0) is 67.1. The van der Waals surface area contributed by atoms with Crippen molar-refractivity contribution in [1.82, 2.24) is 0 Å². The zero-order valence-corrected chi connectivity index (χ0v) is 89.2. The number of rotatable bonds is 6. The number of nitrogens with zero attached hydrogens (tertiary/aromatic N) is 8. The molecule has 0 aromatic rings. The molecular formula is C84H186N8P2Zr4+4. The molecule has 4 atom stereocenters. The van der Waals surface area contributed by atoms with Crippen molar-refractivity contribution in [2.24, 2.45) is 118 Å². The molecular weight excluding hydrogens is 1550 g/mol. The van der Waals surface area contributed by atoms with Gasteiger partial charge in [0.25, 0.3) is 0 Å². The zero-order valence-electron chi connectivity index (χ0n) is 76.5. The van der Waals surface area contributed by atoms with Crippen molar-refractivity contribution >= 4 is 31.5 Å². The normalized spacial score (nSPS) is 31.9. The Kier molecular flexibility index (Phi) is 87.0. The molecule has 584 valence electrons. The Morgan fingerprint density at radius 3 is 0.490 bits per heavy atom. The van der Waals surface area contributed by atoms with Crippen molar-refractivity contribution in [3.63, 3.8) is 0 Å². The molecule has 0 bridgehead atoms. The van der Waals surface area contributed by atoms with Crippen molar-refractivity contribution < 1.29 is 114 Å². The summed E-state index contributed by atoms with van der Waals surface area (Å²) in [5, 5.41) is 26.6. The van der Waals surface area contributed by atoms with Gasteiger partial charge in [-0.2, -0.15) is 32.9 Å². The van der Waals surface area contributed by atoms with Gasteiger partial charge < -0.3 is 89.8 Å². The molecule has 8 nitrogen and oxygen atoms in total. The van der Waals surface area contributed by atoms with E-state index in [1.165, 1.54) is 11.7 Å². The molecule has 0 amide bonds. The molecule has 4 unspecified atom stereocenters. The summed E-state index contributed by atoms with van der Waals surface area (Å²) in [5.74, 6) is 21.1. The molecule has 14 heteroatoms. The fraction of sp³-hybridized carbons (Fsp3) is 0.881. The van der Waals surface area contributed by atoms with Gasteiger partial charge in [0.15, 0.2) is 0 Å². The molecule has 0 aromatic carbocycles. The molecule has 0 radical (unpaired) electrons. The smallest absolute Gasteiger partial charge is 0.678 e. The van der Waals surface area contributed by atoms with Crippen LogP contribution in [-0.4, -0.2) is 92.6 Å². The van der Waals surface area contributed by atoms with Crippen molar-refractivity contribution in [2.75, 3.05) is 26.2 Å². The second-order valence-corrected chi connectivity index (χ2v) is 34.5. The predicted molar refractivity (Wildman–Crippen MR) is 456 cm³/mol. The molecule has 98 heavy (non-hydrogen) atoms. The molecule has 0 spiro atoms. The molecule has 2 saturated heterocycles. The second kappa shape index (κ2) is 60.9. The van der Waals surface area contributed by atoms with Crippen LogP contribution in [0.25, 0.3) is 31.9 Å². The first-order valence-corrected chi connectivity index (χ1v) is 35.0. The summed E-state index contributed by atoms with van der Waals surface area (Å²) in [6, 6.07) is 0. The van der Waals surface area contributed by atoms with Crippen LogP contribution in [0.4, 0.5) is 0 Å². The third-order valence-corrected chi connectivity index (χ3v) is 22.7. The fourth-order valence-electron chi connectivity index (χ4n) is 14.2. The van der Waals surface area contributed by atoms with Gasteiger partial charge in [0.05, 0.1) is 33.8 Å².